The number of amides is 1. The third-order valence-corrected chi connectivity index (χ3v) is 2.88. The Kier molecular flexibility index (Phi) is 3.56. The van der Waals surface area contributed by atoms with Crippen molar-refractivity contribution in [3.8, 4) is 5.75 Å². The van der Waals surface area contributed by atoms with Crippen LogP contribution in [0.4, 0.5) is 0 Å². The predicted octanol–water partition coefficient (Wildman–Crippen LogP) is 1.37. The van der Waals surface area contributed by atoms with E-state index in [-0.39, 0.29) is 11.3 Å². The van der Waals surface area contributed by atoms with E-state index in [2.05, 4.69) is 10.5 Å². The second kappa shape index (κ2) is 5.16. The quantitative estimate of drug-likeness (QED) is 0.640. The molecule has 0 unspecified atom stereocenters. The Morgan fingerprint density at radius 3 is 2.60 bits per heavy atom. The lowest BCUT2D eigenvalue weighted by molar-refractivity contribution is 0.0950. The highest BCUT2D eigenvalue weighted by Gasteiger charge is 2.20. The molecule has 104 valence electrons. The summed E-state index contributed by atoms with van der Waals surface area (Å²) in [6.07, 6.45) is 0. The summed E-state index contributed by atoms with van der Waals surface area (Å²) in [4.78, 5) is 24.2. The standard InChI is InChI=1S/C14H15N3O3/c1-8(2)15-16-13(19)11-12(18)9-6-4-5-7-10(9)17(3)14(11)20/h4-7,18H,1-3H3,(H,16,19). The van der Waals surface area contributed by atoms with Crippen LogP contribution in [0, 0.1) is 0 Å². The van der Waals surface area contributed by atoms with E-state index in [1.165, 1.54) is 4.57 Å². The van der Waals surface area contributed by atoms with Gasteiger partial charge in [-0.25, -0.2) is 5.43 Å². The summed E-state index contributed by atoms with van der Waals surface area (Å²) < 4.78 is 1.33. The van der Waals surface area contributed by atoms with Crippen LogP contribution in [-0.4, -0.2) is 21.3 Å². The summed E-state index contributed by atoms with van der Waals surface area (Å²) in [5, 5.41) is 14.4. The number of carbonyl (C=O) groups excluding carboxylic acids is 1. The van der Waals surface area contributed by atoms with Gasteiger partial charge in [-0.2, -0.15) is 5.10 Å². The van der Waals surface area contributed by atoms with Gasteiger partial charge in [0.25, 0.3) is 11.5 Å². The number of fused-ring (bicyclic) bond motifs is 1. The van der Waals surface area contributed by atoms with Crippen LogP contribution in [-0.2, 0) is 7.05 Å². The first-order valence-electron chi connectivity index (χ1n) is 6.05. The number of aryl methyl sites for hydroxylation is 1. The Morgan fingerprint density at radius 2 is 1.95 bits per heavy atom. The highest BCUT2D eigenvalue weighted by atomic mass is 16.3. The van der Waals surface area contributed by atoms with Crippen LogP contribution in [0.5, 0.6) is 5.75 Å². The molecule has 0 aliphatic heterocycles. The molecule has 1 aromatic carbocycles. The highest BCUT2D eigenvalue weighted by molar-refractivity contribution is 6.02. The van der Waals surface area contributed by atoms with E-state index in [4.69, 9.17) is 0 Å². The van der Waals surface area contributed by atoms with Gasteiger partial charge in [0, 0.05) is 18.1 Å². The maximum atomic E-state index is 12.2. The average molecular weight is 273 g/mol. The van der Waals surface area contributed by atoms with Crippen molar-refractivity contribution < 1.29 is 9.90 Å². The lowest BCUT2D eigenvalue weighted by atomic mass is 10.1. The summed E-state index contributed by atoms with van der Waals surface area (Å²) in [6, 6.07) is 6.83. The van der Waals surface area contributed by atoms with Gasteiger partial charge in [0.2, 0.25) is 0 Å². The topological polar surface area (TPSA) is 83.7 Å². The molecule has 0 saturated carbocycles. The van der Waals surface area contributed by atoms with Gasteiger partial charge in [-0.3, -0.25) is 9.59 Å². The van der Waals surface area contributed by atoms with E-state index in [0.29, 0.717) is 16.6 Å². The Labute approximate surface area is 115 Å². The van der Waals surface area contributed by atoms with E-state index in [0.717, 1.165) is 0 Å². The van der Waals surface area contributed by atoms with Gasteiger partial charge in [-0.15, -0.1) is 0 Å². The summed E-state index contributed by atoms with van der Waals surface area (Å²) in [5.41, 5.74) is 2.56. The van der Waals surface area contributed by atoms with Gasteiger partial charge >= 0.3 is 0 Å². The van der Waals surface area contributed by atoms with Crippen LogP contribution in [0.1, 0.15) is 24.2 Å². The number of nitrogens with zero attached hydrogens (tertiary/aromatic N) is 2. The first kappa shape index (κ1) is 13.8. The van der Waals surface area contributed by atoms with Crippen molar-refractivity contribution in [3.63, 3.8) is 0 Å². The molecule has 0 aliphatic carbocycles. The van der Waals surface area contributed by atoms with Gasteiger partial charge in [0.15, 0.2) is 0 Å². The second-order valence-electron chi connectivity index (χ2n) is 4.60. The lowest BCUT2D eigenvalue weighted by Gasteiger charge is -2.10. The second-order valence-corrected chi connectivity index (χ2v) is 4.60. The highest BCUT2D eigenvalue weighted by Crippen LogP contribution is 2.25. The van der Waals surface area contributed by atoms with Crippen molar-refractivity contribution in [2.75, 3.05) is 0 Å². The van der Waals surface area contributed by atoms with Gasteiger partial charge in [-0.1, -0.05) is 12.1 Å². The molecule has 0 fully saturated rings. The number of benzene rings is 1. The fourth-order valence-electron chi connectivity index (χ4n) is 1.90. The molecule has 0 aliphatic rings. The number of rotatable bonds is 2. The largest absolute Gasteiger partial charge is 0.506 e. The number of hydrazone groups is 1. The fraction of sp³-hybridized carbons (Fsp3) is 0.214. The zero-order valence-corrected chi connectivity index (χ0v) is 11.5. The zero-order chi connectivity index (χ0) is 14.9. The van der Waals surface area contributed by atoms with Gasteiger partial charge in [0.05, 0.1) is 5.52 Å². The molecular formula is C14H15N3O3. The molecule has 2 N–H and O–H groups in total. The molecule has 1 heterocycles. The van der Waals surface area contributed by atoms with E-state index in [1.807, 2.05) is 0 Å². The minimum absolute atomic E-state index is 0.309. The normalized spacial score (nSPS) is 10.3. The van der Waals surface area contributed by atoms with Gasteiger partial charge < -0.3 is 9.67 Å². The Bertz CT molecular complexity index is 771. The SMILES string of the molecule is CC(C)=NNC(=O)c1c(O)c2ccccc2n(C)c1=O. The maximum absolute atomic E-state index is 12.2. The fourth-order valence-corrected chi connectivity index (χ4v) is 1.90. The van der Waals surface area contributed by atoms with Crippen LogP contribution in [0.25, 0.3) is 10.9 Å². The summed E-state index contributed by atoms with van der Waals surface area (Å²) >= 11 is 0. The van der Waals surface area contributed by atoms with E-state index in [9.17, 15) is 14.7 Å². The predicted molar refractivity (Wildman–Crippen MR) is 77.1 cm³/mol. The lowest BCUT2D eigenvalue weighted by Crippen LogP contribution is -2.30. The van der Waals surface area contributed by atoms with Crippen molar-refractivity contribution in [1.82, 2.24) is 9.99 Å². The number of carbonyl (C=O) groups is 1. The molecule has 0 spiro atoms. The van der Waals surface area contributed by atoms with Crippen LogP contribution in [0.3, 0.4) is 0 Å². The Hall–Kier alpha value is -2.63. The molecule has 20 heavy (non-hydrogen) atoms. The van der Waals surface area contributed by atoms with Crippen LogP contribution in [0.2, 0.25) is 0 Å². The number of hydrogen-bond acceptors (Lipinski definition) is 4. The third kappa shape index (κ3) is 2.27. The molecule has 0 atom stereocenters. The molecule has 0 bridgehead atoms. The van der Waals surface area contributed by atoms with Crippen LogP contribution in [0.15, 0.2) is 34.2 Å². The molecule has 1 aromatic heterocycles. The Balaban J connectivity index is 2.68. The maximum Gasteiger partial charge on any atom is 0.280 e. The van der Waals surface area contributed by atoms with Gasteiger partial charge in [0.1, 0.15) is 11.3 Å². The smallest absolute Gasteiger partial charge is 0.280 e. The summed E-state index contributed by atoms with van der Waals surface area (Å²) in [6.45, 7) is 3.41. The number of hydrogen-bond donors (Lipinski definition) is 2. The molecule has 2 aromatic rings. The van der Waals surface area contributed by atoms with E-state index in [1.54, 1.807) is 45.2 Å². The van der Waals surface area contributed by atoms with E-state index >= 15 is 0 Å². The minimum Gasteiger partial charge on any atom is -0.506 e. The molecule has 0 saturated heterocycles. The molecular weight excluding hydrogens is 258 g/mol. The van der Waals surface area contributed by atoms with Crippen LogP contribution < -0.4 is 11.0 Å². The summed E-state index contributed by atoms with van der Waals surface area (Å²) in [5.74, 6) is -1.06. The Morgan fingerprint density at radius 1 is 1.30 bits per heavy atom. The van der Waals surface area contributed by atoms with Crippen molar-refractivity contribution >= 4 is 22.5 Å². The molecule has 2 rings (SSSR count). The molecule has 6 heteroatoms. The van der Waals surface area contributed by atoms with Crippen molar-refractivity contribution in [3.05, 3.63) is 40.2 Å². The zero-order valence-electron chi connectivity index (χ0n) is 11.5. The monoisotopic (exact) mass is 273 g/mol. The minimum atomic E-state index is -0.727. The molecule has 6 nitrogen and oxygen atoms in total. The average Bonchev–Trinajstić information content (AvgIpc) is 2.43. The van der Waals surface area contributed by atoms with Crippen molar-refractivity contribution in [2.45, 2.75) is 13.8 Å². The number of para-hydroxylation sites is 1. The van der Waals surface area contributed by atoms with Crippen molar-refractivity contribution in [1.29, 1.82) is 0 Å². The number of pyridine rings is 1. The van der Waals surface area contributed by atoms with Crippen LogP contribution >= 0.6 is 0 Å². The summed E-state index contributed by atoms with van der Waals surface area (Å²) in [7, 11) is 1.55. The van der Waals surface area contributed by atoms with Gasteiger partial charge in [-0.05, 0) is 26.0 Å². The molecule has 1 amide bonds. The number of aromatic hydroxyl groups is 1. The van der Waals surface area contributed by atoms with Crippen molar-refractivity contribution in [2.24, 2.45) is 12.1 Å². The first-order chi connectivity index (χ1) is 9.43. The third-order valence-electron chi connectivity index (χ3n) is 2.88. The van der Waals surface area contributed by atoms with E-state index < -0.39 is 11.5 Å². The first-order valence-corrected chi connectivity index (χ1v) is 6.05. The molecule has 0 radical (unpaired) electrons. The number of nitrogens with one attached hydrogen (secondary N) is 1. The number of aromatic nitrogens is 1.